The van der Waals surface area contributed by atoms with E-state index in [1.165, 1.54) is 11.2 Å². The minimum absolute atomic E-state index is 0.0938. The Labute approximate surface area is 153 Å². The molecule has 3 aromatic rings. The molecule has 6 nitrogen and oxygen atoms in total. The standard InChI is InChI=1S/C19H15NO5S/c1-20(2)19(22)26-12-4-5-13-16(8-12)23-9-14(18(13)21)11-3-6-15-17(7-11)25-10-24-15/h3-9H,10H2,1-2H3. The number of carbonyl (C=O) groups excluding carboxylic acids is 1. The van der Waals surface area contributed by atoms with E-state index < -0.39 is 0 Å². The molecule has 132 valence electrons. The number of hydrogen-bond donors (Lipinski definition) is 0. The molecule has 2 heterocycles. The summed E-state index contributed by atoms with van der Waals surface area (Å²) in [5, 5.41) is 0.366. The lowest BCUT2D eigenvalue weighted by atomic mass is 10.1. The number of thioether (sulfide) groups is 1. The monoisotopic (exact) mass is 369 g/mol. The van der Waals surface area contributed by atoms with Gasteiger partial charge in [-0.25, -0.2) is 0 Å². The minimum Gasteiger partial charge on any atom is -0.463 e. The Morgan fingerprint density at radius 3 is 2.69 bits per heavy atom. The van der Waals surface area contributed by atoms with Crippen LogP contribution < -0.4 is 14.9 Å². The van der Waals surface area contributed by atoms with E-state index in [4.69, 9.17) is 13.9 Å². The maximum atomic E-state index is 12.9. The van der Waals surface area contributed by atoms with Crippen molar-refractivity contribution in [1.29, 1.82) is 0 Å². The van der Waals surface area contributed by atoms with Gasteiger partial charge in [0.1, 0.15) is 11.8 Å². The molecule has 0 N–H and O–H groups in total. The molecular weight excluding hydrogens is 354 g/mol. The van der Waals surface area contributed by atoms with Crippen molar-refractivity contribution < 1.29 is 18.7 Å². The molecule has 1 amide bonds. The van der Waals surface area contributed by atoms with Crippen LogP contribution in [0.2, 0.25) is 0 Å². The van der Waals surface area contributed by atoms with Crippen LogP contribution in [0.1, 0.15) is 0 Å². The lowest BCUT2D eigenvalue weighted by Gasteiger charge is -2.09. The molecule has 1 aromatic heterocycles. The van der Waals surface area contributed by atoms with Gasteiger partial charge < -0.3 is 18.8 Å². The average molecular weight is 369 g/mol. The summed E-state index contributed by atoms with van der Waals surface area (Å²) in [7, 11) is 3.38. The van der Waals surface area contributed by atoms with Crippen LogP contribution in [0.5, 0.6) is 11.5 Å². The van der Waals surface area contributed by atoms with Crippen LogP contribution in [0, 0.1) is 0 Å². The highest BCUT2D eigenvalue weighted by Gasteiger charge is 2.17. The van der Waals surface area contributed by atoms with E-state index in [1.54, 1.807) is 50.5 Å². The molecule has 1 aliphatic heterocycles. The maximum Gasteiger partial charge on any atom is 0.285 e. The van der Waals surface area contributed by atoms with Crippen LogP contribution in [-0.4, -0.2) is 31.0 Å². The molecule has 4 rings (SSSR count). The maximum absolute atomic E-state index is 12.9. The number of fused-ring (bicyclic) bond motifs is 2. The van der Waals surface area contributed by atoms with Gasteiger partial charge in [-0.1, -0.05) is 6.07 Å². The van der Waals surface area contributed by atoms with Gasteiger partial charge in [0, 0.05) is 19.0 Å². The average Bonchev–Trinajstić information content (AvgIpc) is 3.09. The van der Waals surface area contributed by atoms with E-state index in [2.05, 4.69) is 0 Å². The number of ether oxygens (including phenoxy) is 2. The van der Waals surface area contributed by atoms with Crippen molar-refractivity contribution in [2.75, 3.05) is 20.9 Å². The van der Waals surface area contributed by atoms with E-state index in [9.17, 15) is 9.59 Å². The highest BCUT2D eigenvalue weighted by molar-refractivity contribution is 8.13. The highest BCUT2D eigenvalue weighted by Crippen LogP contribution is 2.35. The Morgan fingerprint density at radius 1 is 1.08 bits per heavy atom. The highest BCUT2D eigenvalue weighted by atomic mass is 32.2. The van der Waals surface area contributed by atoms with Crippen molar-refractivity contribution >= 4 is 28.0 Å². The van der Waals surface area contributed by atoms with Gasteiger partial charge in [0.2, 0.25) is 6.79 Å². The molecule has 0 radical (unpaired) electrons. The summed E-state index contributed by atoms with van der Waals surface area (Å²) >= 11 is 1.08. The quantitative estimate of drug-likeness (QED) is 0.637. The number of amides is 1. The third-order valence-corrected chi connectivity index (χ3v) is 5.03. The third-order valence-electron chi connectivity index (χ3n) is 4.00. The number of hydrogen-bond acceptors (Lipinski definition) is 6. The first-order valence-electron chi connectivity index (χ1n) is 7.87. The Kier molecular flexibility index (Phi) is 4.08. The summed E-state index contributed by atoms with van der Waals surface area (Å²) in [6.45, 7) is 0.178. The zero-order valence-corrected chi connectivity index (χ0v) is 15.0. The first kappa shape index (κ1) is 16.5. The normalized spacial score (nSPS) is 12.4. The Balaban J connectivity index is 1.73. The van der Waals surface area contributed by atoms with E-state index in [0.29, 0.717) is 33.6 Å². The zero-order chi connectivity index (χ0) is 18.3. The molecule has 7 heteroatoms. The van der Waals surface area contributed by atoms with E-state index >= 15 is 0 Å². The molecule has 0 atom stereocenters. The second-order valence-electron chi connectivity index (χ2n) is 5.97. The predicted octanol–water partition coefficient (Wildman–Crippen LogP) is 3.96. The van der Waals surface area contributed by atoms with E-state index in [1.807, 2.05) is 0 Å². The van der Waals surface area contributed by atoms with Crippen LogP contribution >= 0.6 is 11.8 Å². The van der Waals surface area contributed by atoms with E-state index in [0.717, 1.165) is 16.7 Å². The van der Waals surface area contributed by atoms with Gasteiger partial charge in [-0.15, -0.1) is 0 Å². The lowest BCUT2D eigenvalue weighted by Crippen LogP contribution is -2.16. The van der Waals surface area contributed by atoms with Crippen molar-refractivity contribution in [2.24, 2.45) is 0 Å². The summed E-state index contributed by atoms with van der Waals surface area (Å²) in [6.07, 6.45) is 1.43. The van der Waals surface area contributed by atoms with Gasteiger partial charge in [0.05, 0.1) is 10.9 Å². The number of carbonyl (C=O) groups is 1. The molecule has 0 aliphatic carbocycles. The van der Waals surface area contributed by atoms with Crippen LogP contribution in [0.3, 0.4) is 0 Å². The fourth-order valence-electron chi connectivity index (χ4n) is 2.63. The molecule has 2 aromatic carbocycles. The molecule has 0 spiro atoms. The van der Waals surface area contributed by atoms with Gasteiger partial charge in [-0.3, -0.25) is 9.59 Å². The number of nitrogens with zero attached hydrogens (tertiary/aromatic N) is 1. The number of rotatable bonds is 2. The van der Waals surface area contributed by atoms with Crippen molar-refractivity contribution in [1.82, 2.24) is 4.90 Å². The van der Waals surface area contributed by atoms with Crippen molar-refractivity contribution in [3.8, 4) is 22.6 Å². The van der Waals surface area contributed by atoms with E-state index in [-0.39, 0.29) is 17.5 Å². The second kappa shape index (κ2) is 6.42. The zero-order valence-electron chi connectivity index (χ0n) is 14.1. The van der Waals surface area contributed by atoms with Crippen LogP contribution in [0.4, 0.5) is 4.79 Å². The Bertz CT molecular complexity index is 1070. The summed E-state index contributed by atoms with van der Waals surface area (Å²) in [6, 6.07) is 10.5. The Hall–Kier alpha value is -2.93. The smallest absolute Gasteiger partial charge is 0.285 e. The van der Waals surface area contributed by atoms with Crippen LogP contribution in [0.15, 0.2) is 56.8 Å². The minimum atomic E-state index is -0.138. The summed E-state index contributed by atoms with van der Waals surface area (Å²) in [4.78, 5) is 26.9. The lowest BCUT2D eigenvalue weighted by molar-refractivity contribution is 0.174. The first-order valence-corrected chi connectivity index (χ1v) is 8.69. The van der Waals surface area contributed by atoms with Crippen molar-refractivity contribution in [3.63, 3.8) is 0 Å². The van der Waals surface area contributed by atoms with Gasteiger partial charge in [-0.2, -0.15) is 0 Å². The summed E-state index contributed by atoms with van der Waals surface area (Å²) in [5.41, 5.74) is 1.45. The fourth-order valence-corrected chi connectivity index (χ4v) is 3.31. The van der Waals surface area contributed by atoms with Gasteiger partial charge >= 0.3 is 0 Å². The topological polar surface area (TPSA) is 69.0 Å². The van der Waals surface area contributed by atoms with Gasteiger partial charge in [0.25, 0.3) is 5.24 Å². The molecular formula is C19H15NO5S. The molecule has 0 saturated heterocycles. The van der Waals surface area contributed by atoms with Gasteiger partial charge in [0.15, 0.2) is 16.9 Å². The summed E-state index contributed by atoms with van der Waals surface area (Å²) < 4.78 is 16.3. The van der Waals surface area contributed by atoms with Crippen molar-refractivity contribution in [3.05, 3.63) is 52.9 Å². The Morgan fingerprint density at radius 2 is 1.88 bits per heavy atom. The predicted molar refractivity (Wildman–Crippen MR) is 99.0 cm³/mol. The molecule has 0 saturated carbocycles. The van der Waals surface area contributed by atoms with Crippen LogP contribution in [0.25, 0.3) is 22.1 Å². The largest absolute Gasteiger partial charge is 0.463 e. The number of benzene rings is 2. The second-order valence-corrected chi connectivity index (χ2v) is 6.99. The third kappa shape index (κ3) is 2.90. The van der Waals surface area contributed by atoms with Gasteiger partial charge in [-0.05, 0) is 47.7 Å². The molecule has 0 unspecified atom stereocenters. The molecule has 0 bridgehead atoms. The SMILES string of the molecule is CN(C)C(=O)Sc1ccc2c(=O)c(-c3ccc4c(c3)OCO4)coc2c1. The summed E-state index contributed by atoms with van der Waals surface area (Å²) in [5.74, 6) is 1.27. The molecule has 1 aliphatic rings. The fraction of sp³-hybridized carbons (Fsp3) is 0.158. The first-order chi connectivity index (χ1) is 12.5. The molecule has 0 fully saturated rings. The van der Waals surface area contributed by atoms with Crippen LogP contribution in [-0.2, 0) is 0 Å². The van der Waals surface area contributed by atoms with Crippen molar-refractivity contribution in [2.45, 2.75) is 4.90 Å². The molecule has 26 heavy (non-hydrogen) atoms.